The van der Waals surface area contributed by atoms with Gasteiger partial charge in [0.2, 0.25) is 47.8 Å². The molecule has 18 N–H and O–H groups in total. The van der Waals surface area contributed by atoms with Crippen molar-refractivity contribution in [1.29, 1.82) is 0 Å². The molecule has 612 valence electrons. The number of rotatable bonds is 19. The van der Waals surface area contributed by atoms with Gasteiger partial charge in [-0.2, -0.15) is 0 Å². The summed E-state index contributed by atoms with van der Waals surface area (Å²) in [7, 11) is 1.49. The molecule has 0 spiro atoms. The van der Waals surface area contributed by atoms with Crippen LogP contribution in [0.2, 0.25) is 15.1 Å². The molecule has 7 aromatic rings. The molecule has 7 aliphatic rings. The monoisotopic (exact) mass is 1670 g/mol. The van der Waals surface area contributed by atoms with E-state index in [1.54, 1.807) is 12.1 Å². The van der Waals surface area contributed by atoms with Crippen LogP contribution in [0.25, 0.3) is 21.6 Å². The molecule has 2 fully saturated rings. The molecule has 8 heterocycles. The summed E-state index contributed by atoms with van der Waals surface area (Å²) in [6, 6.07) is 16.3. The zero-order chi connectivity index (χ0) is 82.7. The largest absolute Gasteiger partial charge is 0.508 e. The molecule has 6 aromatic carbocycles. The van der Waals surface area contributed by atoms with Crippen LogP contribution < -0.4 is 46.5 Å². The van der Waals surface area contributed by atoms with Crippen LogP contribution in [0, 0.1) is 11.8 Å². The van der Waals surface area contributed by atoms with Crippen LogP contribution in [0.15, 0.2) is 115 Å². The molecule has 0 saturated carbocycles. The van der Waals surface area contributed by atoms with Crippen molar-refractivity contribution in [2.45, 2.75) is 169 Å². The second kappa shape index (κ2) is 36.3. The topological polar surface area (TPSA) is 510 Å². The molecule has 0 radical (unpaired) electrons. The van der Waals surface area contributed by atoms with E-state index < -0.39 is 233 Å². The van der Waals surface area contributed by atoms with E-state index in [9.17, 15) is 75.3 Å². The number of nitrogens with two attached hydrogens (primary N) is 1. The number of nitrogens with one attached hydrogen (secondary N) is 5. The number of phenolic OH excluding ortho intramolecular Hbond substituents is 3. The highest BCUT2D eigenvalue weighted by molar-refractivity contribution is 7.13. The highest BCUT2D eigenvalue weighted by atomic mass is 35.5. The number of phenols is 3. The summed E-state index contributed by atoms with van der Waals surface area (Å²) in [6.45, 7) is 2.50. The Labute approximate surface area is 674 Å². The fourth-order valence-corrected chi connectivity index (χ4v) is 16.1. The fourth-order valence-electron chi connectivity index (χ4n) is 14.5. The summed E-state index contributed by atoms with van der Waals surface area (Å²) in [5.74, 6) is -16.7. The van der Waals surface area contributed by atoms with Crippen molar-refractivity contribution in [3.8, 4) is 67.6 Å². The Balaban J connectivity index is 0.983. The highest BCUT2D eigenvalue weighted by Gasteiger charge is 2.52. The number of fused-ring (bicyclic) bond motifs is 15. The van der Waals surface area contributed by atoms with Gasteiger partial charge in [-0.3, -0.25) is 38.4 Å². The number of hydrogen-bond donors (Lipinski definition) is 17. The van der Waals surface area contributed by atoms with Crippen LogP contribution in [0.4, 0.5) is 0 Å². The number of Topliss-reactive ketones (excluding diaryl/α,β-unsaturated/α-hetero) is 2. The van der Waals surface area contributed by atoms with Crippen molar-refractivity contribution in [1.82, 2.24) is 26.6 Å². The smallest absolute Gasteiger partial charge is 0.295 e. The molecule has 0 aliphatic carbocycles. The number of amides is 5. The van der Waals surface area contributed by atoms with Gasteiger partial charge in [-0.15, -0.1) is 11.3 Å². The highest BCUT2D eigenvalue weighted by Crippen LogP contribution is 2.51. The molecule has 115 heavy (non-hydrogen) atoms. The predicted molar refractivity (Wildman–Crippen MR) is 408 cm³/mol. The van der Waals surface area contributed by atoms with E-state index in [1.807, 2.05) is 37.4 Å². The normalized spacial score (nSPS) is 27.4. The number of halogens is 3. The number of aliphatic hydroxyl groups is 8. The second-order valence-electron chi connectivity index (χ2n) is 29.0. The average molecular weight is 1670 g/mol. The summed E-state index contributed by atoms with van der Waals surface area (Å²) < 4.78 is 43.5. The van der Waals surface area contributed by atoms with E-state index in [4.69, 9.17) is 73.7 Å². The Bertz CT molecular complexity index is 4830. The third-order valence-electron chi connectivity index (χ3n) is 20.6. The van der Waals surface area contributed by atoms with Gasteiger partial charge in [0.25, 0.3) is 6.47 Å². The predicted octanol–water partition coefficient (Wildman–Crippen LogP) is 5.13. The lowest BCUT2D eigenvalue weighted by atomic mass is 9.85. The zero-order valence-electron chi connectivity index (χ0n) is 61.4. The summed E-state index contributed by atoms with van der Waals surface area (Å²) in [5, 5.41) is 143. The number of primary amides is 1. The van der Waals surface area contributed by atoms with Crippen molar-refractivity contribution in [3.05, 3.63) is 163 Å². The van der Waals surface area contributed by atoms with Gasteiger partial charge in [-0.1, -0.05) is 79.0 Å². The van der Waals surface area contributed by atoms with Crippen molar-refractivity contribution >= 4 is 93.7 Å². The van der Waals surface area contributed by atoms with Gasteiger partial charge in [-0.25, -0.2) is 0 Å². The summed E-state index contributed by atoms with van der Waals surface area (Å²) in [4.78, 5) is 118. The van der Waals surface area contributed by atoms with Crippen LogP contribution in [0.1, 0.15) is 116 Å². The van der Waals surface area contributed by atoms with Crippen LogP contribution in [-0.4, -0.2) is 197 Å². The number of aliphatic hydroxyl groups excluding tert-OH is 8. The minimum absolute atomic E-state index is 0.0895. The molecule has 11 bridgehead atoms. The van der Waals surface area contributed by atoms with Crippen LogP contribution >= 0.6 is 46.1 Å². The first-order valence-electron chi connectivity index (χ1n) is 36.5. The molecule has 19 atom stereocenters. The summed E-state index contributed by atoms with van der Waals surface area (Å²) >= 11 is 21.8. The van der Waals surface area contributed by atoms with Crippen molar-refractivity contribution < 1.29 is 128 Å². The summed E-state index contributed by atoms with van der Waals surface area (Å²) in [5.41, 5.74) is 5.57. The van der Waals surface area contributed by atoms with Gasteiger partial charge in [0.05, 0.1) is 40.6 Å². The maximum absolute atomic E-state index is 16.2. The third-order valence-corrected chi connectivity index (χ3v) is 22.4. The van der Waals surface area contributed by atoms with E-state index in [2.05, 4.69) is 26.6 Å². The van der Waals surface area contributed by atoms with E-state index in [0.717, 1.165) is 70.6 Å². The number of aromatic hydroxyl groups is 3. The molecule has 14 rings (SSSR count). The van der Waals surface area contributed by atoms with E-state index in [1.165, 1.54) is 42.6 Å². The Morgan fingerprint density at radius 1 is 0.678 bits per heavy atom. The second-order valence-corrected chi connectivity index (χ2v) is 31.1. The van der Waals surface area contributed by atoms with Crippen LogP contribution in [0.5, 0.6) is 46.0 Å². The molecular formula is C79H83Cl3N6O26S. The Hall–Kier alpha value is -9.63. The van der Waals surface area contributed by atoms with Crippen LogP contribution in [0.3, 0.4) is 0 Å². The number of aryl methyl sites for hydroxylation is 1. The standard InChI is InChI=1S/C79H83Cl3N6O26S/c1-32(2)17-47(84-3)75(106)86-62-50(94)22-39(25-59(83)96)73(104)85-61-38-23-55(109-52-15-10-36(64(62)97)20-45(52)81)71(113-79-70(103)68(101)72(57(29-89)112-79)114-78-69(102)67(100)66(99)54(111-78)6-4-5-33-18-58(115-30-33)34-7-12-40(80)13-8-34)56(24-38)110-53-16-11-37(21-46(53)82)65(98)63-76(107)88-77(108-31-90)44-26-41(91)27-49(93)60(44)43-19-35(9-14-48(43)92)42(28-51(61)95)74(105)87-63/h7-16,18-21,23-24,26-27,30-32,39,42,47,54,57,61-70,72,77-79,84,89,91-93,97-103H,4-6,17,22,25,28-29H2,1-3H3,(H2,83,96)(H,85,104)(H,86,106)(H,87,105)(H,88,107)/t39-,42?,47+,54+,57+,61+,62-,63-,64+,65?,66-,67-,68+,69+,70+,72+,77-,78?,79?/m0/s1. The molecular weight excluding hydrogens is 1590 g/mol. The lowest BCUT2D eigenvalue weighted by Crippen LogP contribution is -2.64. The first-order chi connectivity index (χ1) is 54.8. The Morgan fingerprint density at radius 2 is 1.33 bits per heavy atom. The van der Waals surface area contributed by atoms with E-state index in [0.29, 0.717) is 17.9 Å². The van der Waals surface area contributed by atoms with E-state index in [-0.39, 0.29) is 69.6 Å². The molecule has 4 unspecified atom stereocenters. The number of ketones is 2. The Kier molecular flexibility index (Phi) is 26.7. The van der Waals surface area contributed by atoms with Gasteiger partial charge in [0.1, 0.15) is 102 Å². The maximum Gasteiger partial charge on any atom is 0.295 e. The first kappa shape index (κ1) is 84.8. The van der Waals surface area contributed by atoms with Gasteiger partial charge >= 0.3 is 0 Å². The van der Waals surface area contributed by atoms with Crippen molar-refractivity contribution in [2.75, 3.05) is 13.7 Å². The first-order valence-corrected chi connectivity index (χ1v) is 38.5. The number of thiophene rings is 1. The summed E-state index contributed by atoms with van der Waals surface area (Å²) in [6.07, 6.45) is -26.9. The number of hydrogen-bond acceptors (Lipinski definition) is 28. The zero-order valence-corrected chi connectivity index (χ0v) is 64.5. The van der Waals surface area contributed by atoms with E-state index >= 15 is 19.2 Å². The molecule has 2 saturated heterocycles. The molecule has 1 aromatic heterocycles. The average Bonchev–Trinajstić information content (AvgIpc) is 1.68. The van der Waals surface area contributed by atoms with Gasteiger partial charge in [0, 0.05) is 51.9 Å². The van der Waals surface area contributed by atoms with Gasteiger partial charge in [-0.05, 0) is 150 Å². The lowest BCUT2D eigenvalue weighted by molar-refractivity contribution is -0.351. The molecule has 32 nitrogen and oxygen atoms in total. The van der Waals surface area contributed by atoms with Gasteiger partial charge < -0.3 is 122 Å². The van der Waals surface area contributed by atoms with Crippen molar-refractivity contribution in [2.24, 2.45) is 17.6 Å². The maximum atomic E-state index is 16.2. The quantitative estimate of drug-likeness (QED) is 0.0467. The molecule has 36 heteroatoms. The fraction of sp³-hybridized carbons (Fsp3) is 0.392. The molecule has 7 aliphatic heterocycles. The van der Waals surface area contributed by atoms with Crippen molar-refractivity contribution in [3.63, 3.8) is 0 Å². The SMILES string of the molecule is CN[C@H](CC(C)C)C(=O)N[C@H]1C(=O)C[C@@H](CC(N)=O)C(=O)N[C@H]2C(=O)CC3C(=O)N[C@H](C(=O)N[C@@H](OC=O)c4cc(O)cc(O)c4-c4cc3ccc4O)C(O)c3ccc(c(Cl)c3)Oc3cc2cc(c3OC2O[C@H](CO)[C@@H](OC3O[C@H](CCCc4csc(-c5ccc(Cl)cc5)c4)[C@H](O)[C@H](O)[C@H]3O)[C@H](O)[C@H]2O)Oc2ccc(cc2Cl)[C@H]1O. The number of carbonyl (C=O) groups is 8. The minimum Gasteiger partial charge on any atom is -0.508 e. The number of carbonyl (C=O) groups excluding carboxylic acids is 8. The number of ether oxygens (including phenoxy) is 7. The van der Waals surface area contributed by atoms with Gasteiger partial charge in [0.15, 0.2) is 29.4 Å². The number of benzene rings is 6. The number of likely N-dealkylation sites (N-methyl/N-ethyl adjacent to an activating group) is 1. The van der Waals surface area contributed by atoms with Crippen LogP contribution in [-0.2, 0) is 63.7 Å². The third kappa shape index (κ3) is 18.8. The lowest BCUT2D eigenvalue weighted by Gasteiger charge is -2.46. The minimum atomic E-state index is -2.30. The Morgan fingerprint density at radius 3 is 1.97 bits per heavy atom. The molecule has 5 amide bonds.